The molecule has 2 aromatic carbocycles. The van der Waals surface area contributed by atoms with Gasteiger partial charge in [0.25, 0.3) is 5.91 Å². The maximum absolute atomic E-state index is 12.2. The molecule has 0 aliphatic rings. The molecular weight excluding hydrogens is 278 g/mol. The molecule has 0 atom stereocenters. The van der Waals surface area contributed by atoms with Crippen molar-refractivity contribution in [1.82, 2.24) is 0 Å². The largest absolute Gasteiger partial charge is 0.497 e. The summed E-state index contributed by atoms with van der Waals surface area (Å²) in [4.78, 5) is 12.2. The van der Waals surface area contributed by atoms with E-state index in [0.717, 1.165) is 5.75 Å². The third kappa shape index (κ3) is 3.20. The average Bonchev–Trinajstić information content (AvgIpc) is 2.48. The van der Waals surface area contributed by atoms with Crippen molar-refractivity contribution < 1.29 is 9.53 Å². The van der Waals surface area contributed by atoms with Crippen molar-refractivity contribution in [3.8, 4) is 5.75 Å². The molecule has 0 saturated heterocycles. The van der Waals surface area contributed by atoms with Gasteiger partial charge in [0.2, 0.25) is 0 Å². The van der Waals surface area contributed by atoms with E-state index in [9.17, 15) is 4.79 Å². The number of halogens is 1. The standard InChI is InChI=1S/C14H14ClN3O2/c1-20-11-5-3-10(4-6-11)17-14(19)12-8-9(15)2-7-13(12)18-16/h2-8,18H,16H2,1H3,(H,17,19). The van der Waals surface area contributed by atoms with Gasteiger partial charge in [-0.1, -0.05) is 11.6 Å². The molecular formula is C14H14ClN3O2. The predicted molar refractivity (Wildman–Crippen MR) is 80.2 cm³/mol. The van der Waals surface area contributed by atoms with Crippen LogP contribution in [-0.2, 0) is 0 Å². The SMILES string of the molecule is COc1ccc(NC(=O)c2cc(Cl)ccc2NN)cc1. The third-order valence-corrected chi connectivity index (χ3v) is 2.96. The highest BCUT2D eigenvalue weighted by atomic mass is 35.5. The lowest BCUT2D eigenvalue weighted by atomic mass is 10.1. The minimum atomic E-state index is -0.300. The number of hydrogen-bond donors (Lipinski definition) is 3. The van der Waals surface area contributed by atoms with Crippen LogP contribution in [0.3, 0.4) is 0 Å². The van der Waals surface area contributed by atoms with Gasteiger partial charge in [0.15, 0.2) is 0 Å². The Morgan fingerprint density at radius 2 is 1.90 bits per heavy atom. The summed E-state index contributed by atoms with van der Waals surface area (Å²) in [7, 11) is 1.58. The topological polar surface area (TPSA) is 76.4 Å². The van der Waals surface area contributed by atoms with Crippen LogP contribution in [0.1, 0.15) is 10.4 Å². The molecule has 0 aliphatic heterocycles. The van der Waals surface area contributed by atoms with Crippen LogP contribution in [0.4, 0.5) is 11.4 Å². The maximum atomic E-state index is 12.2. The summed E-state index contributed by atoms with van der Waals surface area (Å²) in [5.41, 5.74) is 3.99. The van der Waals surface area contributed by atoms with Crippen LogP contribution in [0, 0.1) is 0 Å². The molecule has 0 radical (unpaired) electrons. The number of nitrogens with two attached hydrogens (primary N) is 1. The Kier molecular flexibility index (Phi) is 4.45. The van der Waals surface area contributed by atoms with Gasteiger partial charge < -0.3 is 15.5 Å². The third-order valence-electron chi connectivity index (χ3n) is 2.73. The number of hydrazine groups is 1. The molecule has 0 saturated carbocycles. The Labute approximate surface area is 121 Å². The summed E-state index contributed by atoms with van der Waals surface area (Å²) in [5, 5.41) is 3.22. The molecule has 0 bridgehead atoms. The van der Waals surface area contributed by atoms with Gasteiger partial charge in [-0.05, 0) is 42.5 Å². The van der Waals surface area contributed by atoms with Crippen molar-refractivity contribution in [3.63, 3.8) is 0 Å². The molecule has 104 valence electrons. The summed E-state index contributed by atoms with van der Waals surface area (Å²) < 4.78 is 5.05. The molecule has 4 N–H and O–H groups in total. The number of hydrogen-bond acceptors (Lipinski definition) is 4. The number of carbonyl (C=O) groups excluding carboxylic acids is 1. The minimum absolute atomic E-state index is 0.300. The molecule has 1 amide bonds. The molecule has 2 aromatic rings. The van der Waals surface area contributed by atoms with E-state index < -0.39 is 0 Å². The first-order chi connectivity index (χ1) is 9.63. The van der Waals surface area contributed by atoms with Gasteiger partial charge in [-0.25, -0.2) is 0 Å². The second-order valence-electron chi connectivity index (χ2n) is 4.02. The van der Waals surface area contributed by atoms with Crippen molar-refractivity contribution in [3.05, 3.63) is 53.1 Å². The average molecular weight is 292 g/mol. The maximum Gasteiger partial charge on any atom is 0.257 e. The highest BCUT2D eigenvalue weighted by Crippen LogP contribution is 2.22. The smallest absolute Gasteiger partial charge is 0.257 e. The fraction of sp³-hybridized carbons (Fsp3) is 0.0714. The van der Waals surface area contributed by atoms with Crippen LogP contribution in [-0.4, -0.2) is 13.0 Å². The van der Waals surface area contributed by atoms with Gasteiger partial charge in [-0.2, -0.15) is 0 Å². The van der Waals surface area contributed by atoms with Crippen LogP contribution in [0.15, 0.2) is 42.5 Å². The van der Waals surface area contributed by atoms with E-state index in [2.05, 4.69) is 10.7 Å². The van der Waals surface area contributed by atoms with Crippen molar-refractivity contribution in [2.75, 3.05) is 17.9 Å². The molecule has 0 spiro atoms. The zero-order valence-electron chi connectivity index (χ0n) is 10.8. The van der Waals surface area contributed by atoms with Gasteiger partial charge in [0, 0.05) is 10.7 Å². The second kappa shape index (κ2) is 6.27. The van der Waals surface area contributed by atoms with Crippen molar-refractivity contribution in [2.24, 2.45) is 5.84 Å². The molecule has 5 nitrogen and oxygen atoms in total. The first kappa shape index (κ1) is 14.2. The van der Waals surface area contributed by atoms with E-state index in [1.807, 2.05) is 0 Å². The predicted octanol–water partition coefficient (Wildman–Crippen LogP) is 2.89. The Hall–Kier alpha value is -2.24. The molecule has 0 unspecified atom stereocenters. The lowest BCUT2D eigenvalue weighted by Crippen LogP contribution is -2.17. The van der Waals surface area contributed by atoms with Crippen molar-refractivity contribution >= 4 is 28.9 Å². The lowest BCUT2D eigenvalue weighted by molar-refractivity contribution is 0.102. The second-order valence-corrected chi connectivity index (χ2v) is 4.45. The van der Waals surface area contributed by atoms with Gasteiger partial charge in [-0.3, -0.25) is 10.6 Å². The molecule has 0 fully saturated rings. The van der Waals surface area contributed by atoms with Gasteiger partial charge in [-0.15, -0.1) is 0 Å². The number of anilines is 2. The summed E-state index contributed by atoms with van der Waals surface area (Å²) in [6, 6.07) is 11.9. The zero-order valence-corrected chi connectivity index (χ0v) is 11.6. The highest BCUT2D eigenvalue weighted by molar-refractivity contribution is 6.31. The Balaban J connectivity index is 2.20. The number of ether oxygens (including phenoxy) is 1. The fourth-order valence-corrected chi connectivity index (χ4v) is 1.88. The van der Waals surface area contributed by atoms with Gasteiger partial charge in [0.05, 0.1) is 18.4 Å². The van der Waals surface area contributed by atoms with Crippen LogP contribution >= 0.6 is 11.6 Å². The number of rotatable bonds is 4. The van der Waals surface area contributed by atoms with Gasteiger partial charge in [0.1, 0.15) is 5.75 Å². The number of nitrogens with one attached hydrogen (secondary N) is 2. The zero-order chi connectivity index (χ0) is 14.5. The normalized spacial score (nSPS) is 9.95. The highest BCUT2D eigenvalue weighted by Gasteiger charge is 2.12. The Bertz CT molecular complexity index is 614. The van der Waals surface area contributed by atoms with E-state index in [1.165, 1.54) is 0 Å². The molecule has 6 heteroatoms. The fourth-order valence-electron chi connectivity index (χ4n) is 1.70. The number of carbonyl (C=O) groups is 1. The number of benzene rings is 2. The number of methoxy groups -OCH3 is 1. The number of nitrogen functional groups attached to an aromatic ring is 1. The van der Waals surface area contributed by atoms with Crippen LogP contribution in [0.5, 0.6) is 5.75 Å². The summed E-state index contributed by atoms with van der Waals surface area (Å²) in [6.07, 6.45) is 0. The molecule has 20 heavy (non-hydrogen) atoms. The van der Waals surface area contributed by atoms with E-state index in [1.54, 1.807) is 49.6 Å². The Morgan fingerprint density at radius 1 is 1.20 bits per heavy atom. The lowest BCUT2D eigenvalue weighted by Gasteiger charge is -2.10. The van der Waals surface area contributed by atoms with E-state index >= 15 is 0 Å². The Morgan fingerprint density at radius 3 is 2.50 bits per heavy atom. The monoisotopic (exact) mass is 291 g/mol. The van der Waals surface area contributed by atoms with Crippen LogP contribution < -0.4 is 21.3 Å². The molecule has 2 rings (SSSR count). The first-order valence-electron chi connectivity index (χ1n) is 5.85. The summed E-state index contributed by atoms with van der Waals surface area (Å²) >= 11 is 5.90. The number of amides is 1. The first-order valence-corrected chi connectivity index (χ1v) is 6.23. The van der Waals surface area contributed by atoms with E-state index in [0.29, 0.717) is 22.0 Å². The molecule has 0 aromatic heterocycles. The summed E-state index contributed by atoms with van der Waals surface area (Å²) in [5.74, 6) is 5.80. The quantitative estimate of drug-likeness (QED) is 0.598. The van der Waals surface area contributed by atoms with Crippen molar-refractivity contribution in [1.29, 1.82) is 0 Å². The van der Waals surface area contributed by atoms with E-state index in [-0.39, 0.29) is 5.91 Å². The minimum Gasteiger partial charge on any atom is -0.497 e. The van der Waals surface area contributed by atoms with Gasteiger partial charge >= 0.3 is 0 Å². The van der Waals surface area contributed by atoms with E-state index in [4.69, 9.17) is 22.2 Å². The molecule has 0 heterocycles. The van der Waals surface area contributed by atoms with Crippen molar-refractivity contribution in [2.45, 2.75) is 0 Å². The van der Waals surface area contributed by atoms with Crippen LogP contribution in [0.2, 0.25) is 5.02 Å². The van der Waals surface area contributed by atoms with Crippen LogP contribution in [0.25, 0.3) is 0 Å². The molecule has 0 aliphatic carbocycles. The summed E-state index contributed by atoms with van der Waals surface area (Å²) in [6.45, 7) is 0.